The normalized spacial score (nSPS) is 11.4. The van der Waals surface area contributed by atoms with Crippen molar-refractivity contribution in [1.82, 2.24) is 0 Å². The summed E-state index contributed by atoms with van der Waals surface area (Å²) in [6.07, 6.45) is 5.07. The summed E-state index contributed by atoms with van der Waals surface area (Å²) in [5.41, 5.74) is 0. The molecule has 0 aliphatic heterocycles. The molecule has 0 fully saturated rings. The van der Waals surface area contributed by atoms with Gasteiger partial charge >= 0.3 is 0 Å². The Bertz CT molecular complexity index is 563. The Morgan fingerprint density at radius 3 is 2.26 bits per heavy atom. The molecule has 0 saturated heterocycles. The fourth-order valence-corrected chi connectivity index (χ4v) is 2.78. The summed E-state index contributed by atoms with van der Waals surface area (Å²) in [6, 6.07) is 6.04. The second kappa shape index (κ2) is 10.4. The molecule has 0 aromatic heterocycles. The molecule has 0 atom stereocenters. The van der Waals surface area contributed by atoms with Gasteiger partial charge in [0.1, 0.15) is 12.4 Å². The molecule has 0 unspecified atom stereocenters. The molecule has 0 bridgehead atoms. The van der Waals surface area contributed by atoms with Crippen molar-refractivity contribution in [3.63, 3.8) is 0 Å². The largest absolute Gasteiger partial charge is 0.494 e. The molecule has 0 saturated carbocycles. The molecule has 0 aliphatic rings. The summed E-state index contributed by atoms with van der Waals surface area (Å²) in [5, 5.41) is 0. The second-order valence-electron chi connectivity index (χ2n) is 5.39. The lowest BCUT2D eigenvalue weighted by molar-refractivity contribution is -0.121. The van der Waals surface area contributed by atoms with Crippen LogP contribution in [0.15, 0.2) is 29.2 Å². The predicted molar refractivity (Wildman–Crippen MR) is 89.1 cm³/mol. The number of hydrogen-bond acceptors (Lipinski definition) is 5. The SMILES string of the molecule is CCCCCC(=O)COS(=O)(=O)c1ccc(OCCCC)cc1. The van der Waals surface area contributed by atoms with Gasteiger partial charge in [0.15, 0.2) is 5.78 Å². The van der Waals surface area contributed by atoms with Gasteiger partial charge in [-0.05, 0) is 37.1 Å². The van der Waals surface area contributed by atoms with Gasteiger partial charge in [0, 0.05) is 6.42 Å². The van der Waals surface area contributed by atoms with Crippen molar-refractivity contribution < 1.29 is 22.1 Å². The highest BCUT2D eigenvalue weighted by Gasteiger charge is 2.17. The van der Waals surface area contributed by atoms with Crippen LogP contribution in [-0.4, -0.2) is 27.4 Å². The van der Waals surface area contributed by atoms with E-state index in [1.807, 2.05) is 6.92 Å². The predicted octanol–water partition coefficient (Wildman–Crippen LogP) is 3.72. The number of hydrogen-bond donors (Lipinski definition) is 0. The van der Waals surface area contributed by atoms with Crippen LogP contribution < -0.4 is 4.74 Å². The molecule has 0 aliphatic carbocycles. The number of carbonyl (C=O) groups excluding carboxylic acids is 1. The van der Waals surface area contributed by atoms with E-state index in [4.69, 9.17) is 8.92 Å². The van der Waals surface area contributed by atoms with Crippen molar-refractivity contribution in [1.29, 1.82) is 0 Å². The van der Waals surface area contributed by atoms with Gasteiger partial charge in [-0.15, -0.1) is 0 Å². The number of benzene rings is 1. The van der Waals surface area contributed by atoms with Crippen LogP contribution in [0.2, 0.25) is 0 Å². The van der Waals surface area contributed by atoms with Crippen LogP contribution in [-0.2, 0) is 19.1 Å². The van der Waals surface area contributed by atoms with Crippen LogP contribution in [0.25, 0.3) is 0 Å². The number of Topliss-reactive ketones (excluding diaryl/α,β-unsaturated/α-hetero) is 1. The summed E-state index contributed by atoms with van der Waals surface area (Å²) >= 11 is 0. The van der Waals surface area contributed by atoms with Crippen LogP contribution in [0.5, 0.6) is 5.75 Å². The Kier molecular flexibility index (Phi) is 8.87. The number of ketones is 1. The topological polar surface area (TPSA) is 69.7 Å². The van der Waals surface area contributed by atoms with Crippen molar-refractivity contribution in [3.8, 4) is 5.75 Å². The average molecular weight is 342 g/mol. The van der Waals surface area contributed by atoms with Gasteiger partial charge < -0.3 is 4.74 Å². The Hall–Kier alpha value is -1.40. The van der Waals surface area contributed by atoms with E-state index < -0.39 is 16.7 Å². The van der Waals surface area contributed by atoms with E-state index in [1.165, 1.54) is 12.1 Å². The minimum Gasteiger partial charge on any atom is -0.494 e. The molecule has 6 heteroatoms. The minimum absolute atomic E-state index is 0.0294. The summed E-state index contributed by atoms with van der Waals surface area (Å²) in [7, 11) is -3.90. The van der Waals surface area contributed by atoms with E-state index in [0.29, 0.717) is 18.8 Å². The van der Waals surface area contributed by atoms with Crippen LogP contribution in [0.4, 0.5) is 0 Å². The van der Waals surface area contributed by atoms with Crippen molar-refractivity contribution >= 4 is 15.9 Å². The van der Waals surface area contributed by atoms with E-state index in [9.17, 15) is 13.2 Å². The first kappa shape index (κ1) is 19.6. The summed E-state index contributed by atoms with van der Waals surface area (Å²) in [6.45, 7) is 4.31. The number of rotatable bonds is 12. The molecule has 0 heterocycles. The van der Waals surface area contributed by atoms with E-state index in [1.54, 1.807) is 12.1 Å². The van der Waals surface area contributed by atoms with E-state index in [2.05, 4.69) is 6.92 Å². The Balaban J connectivity index is 2.50. The van der Waals surface area contributed by atoms with Crippen molar-refractivity contribution in [2.24, 2.45) is 0 Å². The average Bonchev–Trinajstić information content (AvgIpc) is 2.54. The fraction of sp³-hybridized carbons (Fsp3) is 0.588. The zero-order valence-electron chi connectivity index (χ0n) is 13.9. The van der Waals surface area contributed by atoms with Crippen molar-refractivity contribution in [3.05, 3.63) is 24.3 Å². The van der Waals surface area contributed by atoms with Gasteiger partial charge in [-0.2, -0.15) is 8.42 Å². The fourth-order valence-electron chi connectivity index (χ4n) is 1.89. The highest BCUT2D eigenvalue weighted by molar-refractivity contribution is 7.86. The van der Waals surface area contributed by atoms with Gasteiger partial charge in [-0.3, -0.25) is 8.98 Å². The lowest BCUT2D eigenvalue weighted by Crippen LogP contribution is -2.14. The molecule has 23 heavy (non-hydrogen) atoms. The second-order valence-corrected chi connectivity index (χ2v) is 7.00. The number of ether oxygens (including phenoxy) is 1. The van der Waals surface area contributed by atoms with Gasteiger partial charge in [-0.25, -0.2) is 0 Å². The quantitative estimate of drug-likeness (QED) is 0.428. The van der Waals surface area contributed by atoms with Crippen molar-refractivity contribution in [2.75, 3.05) is 13.2 Å². The zero-order chi connectivity index (χ0) is 17.1. The number of carbonyl (C=O) groups is 1. The third kappa shape index (κ3) is 7.61. The van der Waals surface area contributed by atoms with Gasteiger partial charge in [0.25, 0.3) is 10.1 Å². The number of unbranched alkanes of at least 4 members (excludes halogenated alkanes) is 3. The highest BCUT2D eigenvalue weighted by Crippen LogP contribution is 2.18. The van der Waals surface area contributed by atoms with Crippen LogP contribution in [0.1, 0.15) is 52.4 Å². The molecule has 0 radical (unpaired) electrons. The van der Waals surface area contributed by atoms with Gasteiger partial charge in [0.05, 0.1) is 11.5 Å². The molecule has 1 rings (SSSR count). The molecule has 0 amide bonds. The monoisotopic (exact) mass is 342 g/mol. The highest BCUT2D eigenvalue weighted by atomic mass is 32.2. The summed E-state index contributed by atoms with van der Waals surface area (Å²) in [5.74, 6) is 0.426. The zero-order valence-corrected chi connectivity index (χ0v) is 14.7. The standard InChI is InChI=1S/C17H26O5S/c1-3-5-7-8-15(18)14-22-23(19,20)17-11-9-16(10-12-17)21-13-6-4-2/h9-12H,3-8,13-14H2,1-2H3. The molecular weight excluding hydrogens is 316 g/mol. The lowest BCUT2D eigenvalue weighted by Gasteiger charge is -2.08. The molecule has 130 valence electrons. The molecular formula is C17H26O5S. The van der Waals surface area contributed by atoms with Crippen LogP contribution >= 0.6 is 0 Å². The molecule has 5 nitrogen and oxygen atoms in total. The maximum absolute atomic E-state index is 12.0. The molecule has 0 spiro atoms. The smallest absolute Gasteiger partial charge is 0.297 e. The Labute approximate surface area is 139 Å². The molecule has 1 aromatic rings. The minimum atomic E-state index is -3.90. The van der Waals surface area contributed by atoms with Gasteiger partial charge in [0.2, 0.25) is 0 Å². The van der Waals surface area contributed by atoms with Crippen LogP contribution in [0.3, 0.4) is 0 Å². The van der Waals surface area contributed by atoms with Crippen LogP contribution in [0, 0.1) is 0 Å². The molecule has 0 N–H and O–H groups in total. The van der Waals surface area contributed by atoms with Crippen molar-refractivity contribution in [2.45, 2.75) is 57.3 Å². The summed E-state index contributed by atoms with van der Waals surface area (Å²) < 4.78 is 34.4. The Morgan fingerprint density at radius 1 is 1.00 bits per heavy atom. The van der Waals surface area contributed by atoms with E-state index >= 15 is 0 Å². The Morgan fingerprint density at radius 2 is 1.65 bits per heavy atom. The third-order valence-corrected chi connectivity index (χ3v) is 4.59. The lowest BCUT2D eigenvalue weighted by atomic mass is 10.1. The first-order chi connectivity index (χ1) is 11.0. The maximum Gasteiger partial charge on any atom is 0.297 e. The molecule has 1 aromatic carbocycles. The maximum atomic E-state index is 12.0. The van der Waals surface area contributed by atoms with E-state index in [0.717, 1.165) is 32.1 Å². The first-order valence-electron chi connectivity index (χ1n) is 8.13. The summed E-state index contributed by atoms with van der Waals surface area (Å²) in [4.78, 5) is 11.6. The van der Waals surface area contributed by atoms with Gasteiger partial charge in [-0.1, -0.05) is 33.1 Å². The third-order valence-electron chi connectivity index (χ3n) is 3.31. The first-order valence-corrected chi connectivity index (χ1v) is 9.54. The van der Waals surface area contributed by atoms with E-state index in [-0.39, 0.29) is 10.7 Å².